The number of pyridine rings is 1. The normalized spacial score (nSPS) is 20.5. The van der Waals surface area contributed by atoms with Crippen LogP contribution < -0.4 is 5.73 Å². The molecule has 2 aromatic rings. The number of hydrogen-bond donors (Lipinski definition) is 1. The number of rotatable bonds is 4. The zero-order valence-electron chi connectivity index (χ0n) is 13.0. The van der Waals surface area contributed by atoms with Gasteiger partial charge < -0.3 is 5.73 Å². The van der Waals surface area contributed by atoms with E-state index in [9.17, 15) is 0 Å². The fourth-order valence-corrected chi connectivity index (χ4v) is 3.37. The van der Waals surface area contributed by atoms with Gasteiger partial charge in [-0.15, -0.1) is 10.2 Å². The van der Waals surface area contributed by atoms with Gasteiger partial charge in [-0.2, -0.15) is 0 Å². The molecule has 0 spiro atoms. The highest BCUT2D eigenvalue weighted by Crippen LogP contribution is 2.22. The molecule has 5 nitrogen and oxygen atoms in total. The lowest BCUT2D eigenvalue weighted by Gasteiger charge is -2.38. The molecule has 21 heavy (non-hydrogen) atoms. The molecule has 0 aliphatic carbocycles. The Morgan fingerprint density at radius 3 is 2.90 bits per heavy atom. The van der Waals surface area contributed by atoms with Crippen molar-refractivity contribution in [2.24, 2.45) is 5.73 Å². The topological polar surface area (TPSA) is 59.5 Å². The third kappa shape index (κ3) is 2.94. The van der Waals surface area contributed by atoms with Gasteiger partial charge in [0, 0.05) is 31.2 Å². The van der Waals surface area contributed by atoms with Gasteiger partial charge in [0.1, 0.15) is 5.82 Å². The van der Waals surface area contributed by atoms with Crippen LogP contribution >= 0.6 is 0 Å². The average Bonchev–Trinajstić information content (AvgIpc) is 2.90. The minimum Gasteiger partial charge on any atom is -0.326 e. The summed E-state index contributed by atoms with van der Waals surface area (Å²) in [4.78, 5) is 2.61. The predicted octanol–water partition coefficient (Wildman–Crippen LogP) is 1.99. The lowest BCUT2D eigenvalue weighted by atomic mass is 9.97. The van der Waals surface area contributed by atoms with Gasteiger partial charge in [0.25, 0.3) is 0 Å². The van der Waals surface area contributed by atoms with Crippen LogP contribution in [0.15, 0.2) is 18.3 Å². The van der Waals surface area contributed by atoms with Gasteiger partial charge in [0.05, 0.1) is 0 Å². The maximum absolute atomic E-state index is 5.74. The summed E-state index contributed by atoms with van der Waals surface area (Å²) in [6.07, 6.45) is 6.93. The Bertz CT molecular complexity index is 604. The maximum atomic E-state index is 5.74. The van der Waals surface area contributed by atoms with Crippen LogP contribution in [-0.4, -0.2) is 38.1 Å². The molecule has 0 radical (unpaired) electrons. The number of piperidine rings is 1. The Balaban J connectivity index is 1.86. The van der Waals surface area contributed by atoms with E-state index in [1.807, 2.05) is 12.1 Å². The highest BCUT2D eigenvalue weighted by molar-refractivity contribution is 5.39. The highest BCUT2D eigenvalue weighted by atomic mass is 15.3. The van der Waals surface area contributed by atoms with E-state index in [0.717, 1.165) is 23.5 Å². The van der Waals surface area contributed by atoms with Gasteiger partial charge in [-0.25, -0.2) is 0 Å². The van der Waals surface area contributed by atoms with Gasteiger partial charge in [0.2, 0.25) is 0 Å². The summed E-state index contributed by atoms with van der Waals surface area (Å²) in [5.41, 5.74) is 7.77. The Kier molecular flexibility index (Phi) is 4.22. The fourth-order valence-electron chi connectivity index (χ4n) is 3.37. The molecule has 1 atom stereocenters. The lowest BCUT2D eigenvalue weighted by Crippen LogP contribution is -2.45. The van der Waals surface area contributed by atoms with Crippen molar-refractivity contribution in [1.29, 1.82) is 0 Å². The molecule has 0 bridgehead atoms. The zero-order chi connectivity index (χ0) is 14.8. The number of likely N-dealkylation sites (tertiary alicyclic amines) is 1. The van der Waals surface area contributed by atoms with Crippen molar-refractivity contribution in [2.45, 2.75) is 58.2 Å². The van der Waals surface area contributed by atoms with Crippen molar-refractivity contribution in [1.82, 2.24) is 19.5 Å². The Labute approximate surface area is 126 Å². The Morgan fingerprint density at radius 1 is 1.29 bits per heavy atom. The summed E-state index contributed by atoms with van der Waals surface area (Å²) in [5, 5.41) is 8.69. The second-order valence-corrected chi connectivity index (χ2v) is 6.27. The first-order chi connectivity index (χ1) is 10.2. The molecular weight excluding hydrogens is 262 g/mol. The van der Waals surface area contributed by atoms with Crippen LogP contribution in [0.2, 0.25) is 0 Å². The van der Waals surface area contributed by atoms with Crippen molar-refractivity contribution in [3.05, 3.63) is 29.7 Å². The summed E-state index contributed by atoms with van der Waals surface area (Å²) >= 11 is 0. The summed E-state index contributed by atoms with van der Waals surface area (Å²) in [6, 6.07) is 5.19. The molecule has 2 aromatic heterocycles. The van der Waals surface area contributed by atoms with Crippen molar-refractivity contribution in [2.75, 3.05) is 6.54 Å². The van der Waals surface area contributed by atoms with E-state index in [1.54, 1.807) is 0 Å². The highest BCUT2D eigenvalue weighted by Gasteiger charge is 2.26. The second-order valence-electron chi connectivity index (χ2n) is 6.27. The quantitative estimate of drug-likeness (QED) is 0.934. The van der Waals surface area contributed by atoms with Gasteiger partial charge in [-0.3, -0.25) is 9.30 Å². The van der Waals surface area contributed by atoms with E-state index in [2.05, 4.69) is 39.5 Å². The molecular formula is C16H25N5. The predicted molar refractivity (Wildman–Crippen MR) is 84.1 cm³/mol. The molecule has 3 heterocycles. The van der Waals surface area contributed by atoms with Gasteiger partial charge in [-0.1, -0.05) is 12.5 Å². The first kappa shape index (κ1) is 14.5. The number of aromatic nitrogens is 3. The van der Waals surface area contributed by atoms with Crippen LogP contribution in [0.1, 0.15) is 44.5 Å². The largest absolute Gasteiger partial charge is 0.326 e. The molecule has 1 saturated heterocycles. The summed E-state index contributed by atoms with van der Waals surface area (Å²) < 4.78 is 2.11. The molecule has 2 N–H and O–H groups in total. The van der Waals surface area contributed by atoms with E-state index >= 15 is 0 Å². The molecule has 1 aliphatic heterocycles. The first-order valence-electron chi connectivity index (χ1n) is 7.97. The number of fused-ring (bicyclic) bond motifs is 1. The summed E-state index contributed by atoms with van der Waals surface area (Å²) in [6.45, 7) is 6.32. The molecule has 1 unspecified atom stereocenters. The van der Waals surface area contributed by atoms with Gasteiger partial charge >= 0.3 is 0 Å². The average molecular weight is 287 g/mol. The third-order valence-electron chi connectivity index (χ3n) is 4.52. The second kappa shape index (κ2) is 6.12. The SMILES string of the molecule is CC(C)N1CCCCC1Cc1nnc2ccc(CN)cn12. The molecule has 0 amide bonds. The Hall–Kier alpha value is -1.46. The zero-order valence-corrected chi connectivity index (χ0v) is 13.0. The van der Waals surface area contributed by atoms with Crippen molar-refractivity contribution >= 4 is 5.65 Å². The van der Waals surface area contributed by atoms with Crippen LogP contribution in [0.3, 0.4) is 0 Å². The minimum atomic E-state index is 0.551. The molecule has 114 valence electrons. The molecule has 0 saturated carbocycles. The number of hydrogen-bond acceptors (Lipinski definition) is 4. The van der Waals surface area contributed by atoms with Crippen LogP contribution in [0.4, 0.5) is 0 Å². The number of nitrogens with two attached hydrogens (primary N) is 1. The van der Waals surface area contributed by atoms with Crippen molar-refractivity contribution in [3.63, 3.8) is 0 Å². The molecule has 3 rings (SSSR count). The van der Waals surface area contributed by atoms with Crippen LogP contribution in [-0.2, 0) is 13.0 Å². The third-order valence-corrected chi connectivity index (χ3v) is 4.52. The van der Waals surface area contributed by atoms with Crippen molar-refractivity contribution in [3.8, 4) is 0 Å². The molecule has 1 fully saturated rings. The van der Waals surface area contributed by atoms with E-state index < -0.39 is 0 Å². The van der Waals surface area contributed by atoms with Gasteiger partial charge in [0.15, 0.2) is 5.65 Å². The van der Waals surface area contributed by atoms with Crippen molar-refractivity contribution < 1.29 is 0 Å². The van der Waals surface area contributed by atoms with Gasteiger partial charge in [-0.05, 0) is 44.9 Å². The monoisotopic (exact) mass is 287 g/mol. The smallest absolute Gasteiger partial charge is 0.160 e. The molecule has 1 aliphatic rings. The van der Waals surface area contributed by atoms with E-state index in [0.29, 0.717) is 18.6 Å². The first-order valence-corrected chi connectivity index (χ1v) is 7.97. The minimum absolute atomic E-state index is 0.551. The summed E-state index contributed by atoms with van der Waals surface area (Å²) in [7, 11) is 0. The summed E-state index contributed by atoms with van der Waals surface area (Å²) in [5.74, 6) is 1.05. The fraction of sp³-hybridized carbons (Fsp3) is 0.625. The Morgan fingerprint density at radius 2 is 2.14 bits per heavy atom. The van der Waals surface area contributed by atoms with Crippen LogP contribution in [0, 0.1) is 0 Å². The van der Waals surface area contributed by atoms with E-state index in [-0.39, 0.29) is 0 Å². The van der Waals surface area contributed by atoms with Crippen LogP contribution in [0.5, 0.6) is 0 Å². The number of nitrogens with zero attached hydrogens (tertiary/aromatic N) is 4. The van der Waals surface area contributed by atoms with Crippen LogP contribution in [0.25, 0.3) is 5.65 Å². The standard InChI is InChI=1S/C16H25N5/c1-12(2)20-8-4-3-5-14(20)9-16-19-18-15-7-6-13(10-17)11-21(15)16/h6-7,11-12,14H,3-5,8-10,17H2,1-2H3. The lowest BCUT2D eigenvalue weighted by molar-refractivity contribution is 0.110. The molecule has 5 heteroatoms. The van der Waals surface area contributed by atoms with E-state index in [4.69, 9.17) is 5.73 Å². The maximum Gasteiger partial charge on any atom is 0.160 e. The van der Waals surface area contributed by atoms with E-state index in [1.165, 1.54) is 25.8 Å². The molecule has 0 aromatic carbocycles.